The van der Waals surface area contributed by atoms with Gasteiger partial charge in [-0.3, -0.25) is 9.59 Å². The standard InChI is InChI=1S/C27H35N3O4/c1-17-7-5-6-8-22(17)21-12-23-26(28-13-21)34-24(15-29(4)25(32)11-20-9-10-20)18(2)14-30(27(23)33)19(3)16-31/h5-8,12-13,18-20,24,31H,9-11,14-16H2,1-4H3/t18-,19+,24+/m0/s1. The first kappa shape index (κ1) is 24.2. The summed E-state index contributed by atoms with van der Waals surface area (Å²) in [5, 5.41) is 9.85. The Balaban J connectivity index is 1.67. The fraction of sp³-hybridized carbons (Fsp3) is 0.519. The first-order valence-electron chi connectivity index (χ1n) is 12.2. The van der Waals surface area contributed by atoms with Crippen LogP contribution < -0.4 is 4.74 Å². The molecule has 2 heterocycles. The minimum absolute atomic E-state index is 0.0554. The number of amides is 2. The van der Waals surface area contributed by atoms with E-state index in [4.69, 9.17) is 4.74 Å². The Morgan fingerprint density at radius 2 is 2.03 bits per heavy atom. The molecule has 1 N–H and O–H groups in total. The van der Waals surface area contributed by atoms with Gasteiger partial charge in [-0.1, -0.05) is 31.2 Å². The summed E-state index contributed by atoms with van der Waals surface area (Å²) in [4.78, 5) is 34.2. The van der Waals surface area contributed by atoms with Crippen LogP contribution in [0, 0.1) is 18.8 Å². The number of carbonyl (C=O) groups excluding carboxylic acids is 2. The molecule has 0 radical (unpaired) electrons. The van der Waals surface area contributed by atoms with E-state index in [0.717, 1.165) is 29.5 Å². The number of aryl methyl sites for hydroxylation is 1. The van der Waals surface area contributed by atoms with E-state index in [-0.39, 0.29) is 42.4 Å². The van der Waals surface area contributed by atoms with Gasteiger partial charge in [0.25, 0.3) is 5.91 Å². The first-order valence-corrected chi connectivity index (χ1v) is 12.2. The average Bonchev–Trinajstić information content (AvgIpc) is 3.64. The minimum atomic E-state index is -0.349. The Bertz CT molecular complexity index is 1050. The number of pyridine rings is 1. The molecule has 4 rings (SSSR count). The number of benzene rings is 1. The number of likely N-dealkylation sites (N-methyl/N-ethyl adjacent to an activating group) is 1. The van der Waals surface area contributed by atoms with Gasteiger partial charge in [-0.15, -0.1) is 0 Å². The van der Waals surface area contributed by atoms with Crippen LogP contribution in [-0.2, 0) is 4.79 Å². The van der Waals surface area contributed by atoms with Crippen molar-refractivity contribution < 1.29 is 19.4 Å². The van der Waals surface area contributed by atoms with Crippen LogP contribution in [0.5, 0.6) is 5.88 Å². The van der Waals surface area contributed by atoms with E-state index in [1.165, 1.54) is 0 Å². The Morgan fingerprint density at radius 3 is 2.71 bits per heavy atom. The minimum Gasteiger partial charge on any atom is -0.472 e. The zero-order valence-electron chi connectivity index (χ0n) is 20.5. The lowest BCUT2D eigenvalue weighted by atomic mass is 9.98. The summed E-state index contributed by atoms with van der Waals surface area (Å²) in [6.45, 7) is 6.58. The summed E-state index contributed by atoms with van der Waals surface area (Å²) in [6.07, 6.45) is 4.25. The number of ether oxygens (including phenoxy) is 1. The van der Waals surface area contributed by atoms with Gasteiger partial charge in [-0.2, -0.15) is 0 Å². The Morgan fingerprint density at radius 1 is 1.29 bits per heavy atom. The molecular weight excluding hydrogens is 430 g/mol. The number of hydrogen-bond donors (Lipinski definition) is 1. The molecule has 2 aliphatic rings. The number of rotatable bonds is 7. The molecule has 182 valence electrons. The van der Waals surface area contributed by atoms with Crippen molar-refractivity contribution in [2.24, 2.45) is 11.8 Å². The lowest BCUT2D eigenvalue weighted by Gasteiger charge is -2.37. The first-order chi connectivity index (χ1) is 16.3. The van der Waals surface area contributed by atoms with Gasteiger partial charge in [0.15, 0.2) is 0 Å². The maximum atomic E-state index is 13.6. The van der Waals surface area contributed by atoms with Gasteiger partial charge in [0.2, 0.25) is 11.8 Å². The molecule has 7 nitrogen and oxygen atoms in total. The highest BCUT2D eigenvalue weighted by Crippen LogP contribution is 2.34. The molecule has 1 fully saturated rings. The Labute approximate surface area is 201 Å². The van der Waals surface area contributed by atoms with E-state index in [1.807, 2.05) is 58.2 Å². The predicted octanol–water partition coefficient (Wildman–Crippen LogP) is 3.54. The monoisotopic (exact) mass is 465 g/mol. The summed E-state index contributed by atoms with van der Waals surface area (Å²) in [5.41, 5.74) is 3.31. The summed E-state index contributed by atoms with van der Waals surface area (Å²) in [7, 11) is 1.81. The van der Waals surface area contributed by atoms with E-state index in [2.05, 4.69) is 4.98 Å². The number of nitrogens with zero attached hydrogens (tertiary/aromatic N) is 3. The van der Waals surface area contributed by atoms with Crippen LogP contribution in [0.2, 0.25) is 0 Å². The highest BCUT2D eigenvalue weighted by Gasteiger charge is 2.35. The third kappa shape index (κ3) is 5.25. The van der Waals surface area contributed by atoms with Crippen molar-refractivity contribution in [2.75, 3.05) is 26.7 Å². The van der Waals surface area contributed by atoms with Gasteiger partial charge in [-0.25, -0.2) is 4.98 Å². The summed E-state index contributed by atoms with van der Waals surface area (Å²) < 4.78 is 6.33. The molecule has 3 atom stereocenters. The van der Waals surface area contributed by atoms with Crippen LogP contribution in [0.15, 0.2) is 36.5 Å². The van der Waals surface area contributed by atoms with Gasteiger partial charge in [0, 0.05) is 37.7 Å². The van der Waals surface area contributed by atoms with Crippen molar-refractivity contribution in [3.05, 3.63) is 47.7 Å². The second kappa shape index (κ2) is 10.1. The molecular formula is C27H35N3O4. The lowest BCUT2D eigenvalue weighted by Crippen LogP contribution is -2.50. The number of fused-ring (bicyclic) bond motifs is 1. The molecule has 0 spiro atoms. The van der Waals surface area contributed by atoms with Crippen molar-refractivity contribution in [2.45, 2.75) is 52.2 Å². The molecule has 0 unspecified atom stereocenters. The maximum Gasteiger partial charge on any atom is 0.259 e. The average molecular weight is 466 g/mol. The molecule has 0 saturated heterocycles. The zero-order chi connectivity index (χ0) is 24.4. The van der Waals surface area contributed by atoms with Crippen molar-refractivity contribution in [3.63, 3.8) is 0 Å². The van der Waals surface area contributed by atoms with Crippen molar-refractivity contribution in [1.82, 2.24) is 14.8 Å². The summed E-state index contributed by atoms with van der Waals surface area (Å²) in [6, 6.07) is 9.45. The topological polar surface area (TPSA) is 83.0 Å². The van der Waals surface area contributed by atoms with Crippen LogP contribution in [0.3, 0.4) is 0 Å². The molecule has 1 aromatic heterocycles. The normalized spacial score (nSPS) is 21.2. The van der Waals surface area contributed by atoms with Crippen LogP contribution in [0.4, 0.5) is 0 Å². The van der Waals surface area contributed by atoms with Gasteiger partial charge in [-0.05, 0) is 49.8 Å². The number of hydrogen-bond acceptors (Lipinski definition) is 5. The van der Waals surface area contributed by atoms with Gasteiger partial charge >= 0.3 is 0 Å². The van der Waals surface area contributed by atoms with E-state index in [0.29, 0.717) is 31.0 Å². The number of carbonyl (C=O) groups is 2. The fourth-order valence-corrected chi connectivity index (χ4v) is 4.46. The highest BCUT2D eigenvalue weighted by atomic mass is 16.5. The van der Waals surface area contributed by atoms with E-state index >= 15 is 0 Å². The molecule has 34 heavy (non-hydrogen) atoms. The predicted molar refractivity (Wildman–Crippen MR) is 131 cm³/mol. The Hall–Kier alpha value is -2.93. The molecule has 1 aliphatic carbocycles. The molecule has 1 aromatic carbocycles. The Kier molecular flexibility index (Phi) is 7.22. The zero-order valence-corrected chi connectivity index (χ0v) is 20.5. The lowest BCUT2D eigenvalue weighted by molar-refractivity contribution is -0.131. The van der Waals surface area contributed by atoms with Gasteiger partial charge in [0.1, 0.15) is 11.7 Å². The van der Waals surface area contributed by atoms with E-state index in [1.54, 1.807) is 16.0 Å². The maximum absolute atomic E-state index is 13.6. The third-order valence-electron chi connectivity index (χ3n) is 7.02. The molecule has 2 aromatic rings. The molecule has 1 saturated carbocycles. The largest absolute Gasteiger partial charge is 0.472 e. The third-order valence-corrected chi connectivity index (χ3v) is 7.02. The van der Waals surface area contributed by atoms with Crippen LogP contribution in [-0.4, -0.2) is 70.6 Å². The quantitative estimate of drug-likeness (QED) is 0.676. The number of aromatic nitrogens is 1. The SMILES string of the molecule is Cc1ccccc1-c1cnc2c(c1)C(=O)N([C@H](C)CO)C[C@H](C)[C@@H](CN(C)C(=O)CC1CC1)O2. The second-order valence-corrected chi connectivity index (χ2v) is 9.94. The molecule has 2 amide bonds. The van der Waals surface area contributed by atoms with Gasteiger partial charge < -0.3 is 19.6 Å². The molecule has 1 aliphatic heterocycles. The second-order valence-electron chi connectivity index (χ2n) is 9.94. The smallest absolute Gasteiger partial charge is 0.259 e. The van der Waals surface area contributed by atoms with Crippen LogP contribution >= 0.6 is 0 Å². The van der Waals surface area contributed by atoms with Crippen LogP contribution in [0.25, 0.3) is 11.1 Å². The summed E-state index contributed by atoms with van der Waals surface area (Å²) in [5.74, 6) is 0.659. The van der Waals surface area contributed by atoms with Crippen molar-refractivity contribution in [3.8, 4) is 17.0 Å². The number of aliphatic hydroxyl groups is 1. The van der Waals surface area contributed by atoms with E-state index < -0.39 is 0 Å². The van der Waals surface area contributed by atoms with Crippen molar-refractivity contribution in [1.29, 1.82) is 0 Å². The van der Waals surface area contributed by atoms with Crippen molar-refractivity contribution >= 4 is 11.8 Å². The highest BCUT2D eigenvalue weighted by molar-refractivity contribution is 5.98. The number of aliphatic hydroxyl groups excluding tert-OH is 1. The van der Waals surface area contributed by atoms with E-state index in [9.17, 15) is 14.7 Å². The fourth-order valence-electron chi connectivity index (χ4n) is 4.46. The molecule has 0 bridgehead atoms. The van der Waals surface area contributed by atoms with Crippen LogP contribution in [0.1, 0.15) is 49.0 Å². The molecule has 7 heteroatoms. The van der Waals surface area contributed by atoms with Gasteiger partial charge in [0.05, 0.1) is 19.2 Å². The summed E-state index contributed by atoms with van der Waals surface area (Å²) >= 11 is 0.